The van der Waals surface area contributed by atoms with E-state index in [1.54, 1.807) is 24.3 Å². The highest BCUT2D eigenvalue weighted by Gasteiger charge is 2.26. The highest BCUT2D eigenvalue weighted by molar-refractivity contribution is 7.19. The van der Waals surface area contributed by atoms with Gasteiger partial charge < -0.3 is 20.1 Å². The molecule has 2 heterocycles. The summed E-state index contributed by atoms with van der Waals surface area (Å²) in [5, 5.41) is 5.45. The van der Waals surface area contributed by atoms with E-state index in [1.807, 2.05) is 6.92 Å². The molecule has 190 valence electrons. The number of amides is 2. The second-order valence-corrected chi connectivity index (χ2v) is 8.92. The fraction of sp³-hybridized carbons (Fsp3) is 0.192. The van der Waals surface area contributed by atoms with Crippen LogP contribution in [0.2, 0.25) is 0 Å². The van der Waals surface area contributed by atoms with Gasteiger partial charge in [-0.3, -0.25) is 14.4 Å². The summed E-state index contributed by atoms with van der Waals surface area (Å²) in [6.07, 6.45) is 1.37. The highest BCUT2D eigenvalue weighted by Crippen LogP contribution is 2.25. The van der Waals surface area contributed by atoms with Crippen molar-refractivity contribution in [1.82, 2.24) is 9.38 Å². The first kappa shape index (κ1) is 25.6. The minimum atomic E-state index is -0.655. The average Bonchev–Trinajstić information content (AvgIpc) is 3.29. The molecule has 2 amide bonds. The number of hydrogen-bond donors (Lipinski definition) is 2. The number of anilines is 2. The van der Waals surface area contributed by atoms with Crippen molar-refractivity contribution in [3.05, 3.63) is 86.8 Å². The zero-order valence-electron chi connectivity index (χ0n) is 20.4. The van der Waals surface area contributed by atoms with Crippen molar-refractivity contribution in [3.63, 3.8) is 0 Å². The normalized spacial score (nSPS) is 10.7. The molecule has 4 aromatic rings. The summed E-state index contributed by atoms with van der Waals surface area (Å²) < 4.78 is 11.0. The summed E-state index contributed by atoms with van der Waals surface area (Å²) in [6, 6.07) is 14.2. The van der Waals surface area contributed by atoms with Crippen LogP contribution < -0.4 is 20.9 Å². The summed E-state index contributed by atoms with van der Waals surface area (Å²) in [5.41, 5.74) is 1.13. The van der Waals surface area contributed by atoms with Crippen LogP contribution in [-0.2, 0) is 11.2 Å². The maximum Gasteiger partial charge on any atom is 0.337 e. The largest absolute Gasteiger partial charge is 0.497 e. The quantitative estimate of drug-likeness (QED) is 0.336. The lowest BCUT2D eigenvalue weighted by atomic mass is 10.2. The molecule has 0 aliphatic carbocycles. The van der Waals surface area contributed by atoms with E-state index >= 15 is 0 Å². The summed E-state index contributed by atoms with van der Waals surface area (Å²) in [5.74, 6) is -1.23. The van der Waals surface area contributed by atoms with Crippen LogP contribution in [-0.4, -0.2) is 41.4 Å². The molecule has 2 aromatic carbocycles. The van der Waals surface area contributed by atoms with Gasteiger partial charge in [0.05, 0.1) is 19.8 Å². The lowest BCUT2D eigenvalue weighted by molar-refractivity contribution is 0.0600. The van der Waals surface area contributed by atoms with Crippen LogP contribution in [0.4, 0.5) is 11.4 Å². The lowest BCUT2D eigenvalue weighted by Crippen LogP contribution is -2.25. The molecule has 0 aliphatic heterocycles. The Labute approximate surface area is 215 Å². The van der Waals surface area contributed by atoms with Gasteiger partial charge in [-0.1, -0.05) is 30.7 Å². The van der Waals surface area contributed by atoms with E-state index in [2.05, 4.69) is 20.4 Å². The molecule has 10 nitrogen and oxygen atoms in total. The third-order valence-electron chi connectivity index (χ3n) is 5.39. The van der Waals surface area contributed by atoms with Crippen molar-refractivity contribution in [1.29, 1.82) is 0 Å². The Balaban J connectivity index is 1.75. The van der Waals surface area contributed by atoms with E-state index in [4.69, 9.17) is 4.74 Å². The number of aromatic nitrogens is 2. The zero-order chi connectivity index (χ0) is 26.5. The van der Waals surface area contributed by atoms with Crippen molar-refractivity contribution in [2.75, 3.05) is 24.9 Å². The molecule has 0 aliphatic rings. The monoisotopic (exact) mass is 520 g/mol. The lowest BCUT2D eigenvalue weighted by Gasteiger charge is -2.09. The average molecular weight is 521 g/mol. The van der Waals surface area contributed by atoms with Gasteiger partial charge in [-0.25, -0.2) is 14.2 Å². The smallest absolute Gasteiger partial charge is 0.337 e. The van der Waals surface area contributed by atoms with Gasteiger partial charge in [0, 0.05) is 29.2 Å². The van der Waals surface area contributed by atoms with Crippen LogP contribution in [0.1, 0.15) is 49.6 Å². The van der Waals surface area contributed by atoms with Crippen molar-refractivity contribution >= 4 is 45.5 Å². The van der Waals surface area contributed by atoms with E-state index < -0.39 is 23.3 Å². The number of benzene rings is 2. The molecule has 2 aromatic heterocycles. The molecule has 0 saturated carbocycles. The number of thiazole rings is 1. The number of hydrogen-bond acceptors (Lipinski definition) is 8. The van der Waals surface area contributed by atoms with Gasteiger partial charge in [-0.05, 0) is 42.8 Å². The Hall–Kier alpha value is -4.51. The number of carbonyl (C=O) groups is 3. The van der Waals surface area contributed by atoms with E-state index in [0.29, 0.717) is 34.8 Å². The highest BCUT2D eigenvalue weighted by atomic mass is 32.1. The summed E-state index contributed by atoms with van der Waals surface area (Å²) in [7, 11) is 2.78. The van der Waals surface area contributed by atoms with Crippen molar-refractivity contribution in [2.24, 2.45) is 0 Å². The predicted octanol–water partition coefficient (Wildman–Crippen LogP) is 4.01. The molecule has 11 heteroatoms. The number of fused-ring (bicyclic) bond motifs is 1. The second kappa shape index (κ2) is 11.0. The molecule has 0 bridgehead atoms. The molecule has 4 rings (SSSR count). The number of carbonyl (C=O) groups excluding carboxylic acids is 3. The van der Waals surface area contributed by atoms with Crippen LogP contribution in [0, 0.1) is 0 Å². The van der Waals surface area contributed by atoms with Gasteiger partial charge in [-0.2, -0.15) is 0 Å². The molecule has 0 atom stereocenters. The standard InChI is InChI=1S/C26H24N4O6S/c1-4-6-17-14-20(31)30-21(23(32)28-18-7-5-8-19(13-18)35-2)22(37-26(30)29-17)24(33)27-16-11-9-15(10-12-16)25(34)36-3/h5,7-14H,4,6H2,1-3H3,(H,27,33)(H,28,32). The number of methoxy groups -OCH3 is 2. The van der Waals surface area contributed by atoms with Gasteiger partial charge in [-0.15, -0.1) is 0 Å². The Kier molecular flexibility index (Phi) is 7.63. The van der Waals surface area contributed by atoms with E-state index in [9.17, 15) is 19.2 Å². The number of nitrogens with one attached hydrogen (secondary N) is 2. The zero-order valence-corrected chi connectivity index (χ0v) is 21.2. The first-order valence-electron chi connectivity index (χ1n) is 11.3. The first-order chi connectivity index (χ1) is 17.8. The van der Waals surface area contributed by atoms with Crippen molar-refractivity contribution in [3.8, 4) is 5.75 Å². The van der Waals surface area contributed by atoms with Crippen LogP contribution in [0.15, 0.2) is 59.4 Å². The molecule has 0 unspecified atom stereocenters. The molecular weight excluding hydrogens is 496 g/mol. The molecule has 0 fully saturated rings. The molecular formula is C26H24N4O6S. The minimum absolute atomic E-state index is 0.00990. The minimum Gasteiger partial charge on any atom is -0.497 e. The SMILES string of the molecule is CCCc1cc(=O)n2c(C(=O)Nc3cccc(OC)c3)c(C(=O)Nc3ccc(C(=O)OC)cc3)sc2n1. The first-order valence-corrected chi connectivity index (χ1v) is 12.2. The maximum atomic E-state index is 13.4. The molecule has 37 heavy (non-hydrogen) atoms. The number of esters is 1. The summed E-state index contributed by atoms with van der Waals surface area (Å²) >= 11 is 0.944. The number of rotatable bonds is 8. The predicted molar refractivity (Wildman–Crippen MR) is 140 cm³/mol. The van der Waals surface area contributed by atoms with Gasteiger partial charge in [0.15, 0.2) is 4.96 Å². The summed E-state index contributed by atoms with van der Waals surface area (Å²) in [4.78, 5) is 56.2. The fourth-order valence-electron chi connectivity index (χ4n) is 3.65. The second-order valence-electron chi connectivity index (χ2n) is 7.94. The summed E-state index contributed by atoms with van der Waals surface area (Å²) in [6.45, 7) is 1.97. The van der Waals surface area contributed by atoms with Crippen LogP contribution in [0.5, 0.6) is 5.75 Å². The van der Waals surface area contributed by atoms with Gasteiger partial charge in [0.25, 0.3) is 17.4 Å². The molecule has 0 spiro atoms. The third kappa shape index (κ3) is 5.51. The number of ether oxygens (including phenoxy) is 2. The Morgan fingerprint density at radius 1 is 0.973 bits per heavy atom. The molecule has 2 N–H and O–H groups in total. The molecule has 0 radical (unpaired) electrons. The Morgan fingerprint density at radius 2 is 1.70 bits per heavy atom. The van der Waals surface area contributed by atoms with Crippen LogP contribution >= 0.6 is 11.3 Å². The topological polar surface area (TPSA) is 128 Å². The van der Waals surface area contributed by atoms with Gasteiger partial charge >= 0.3 is 5.97 Å². The fourth-order valence-corrected chi connectivity index (χ4v) is 4.69. The maximum absolute atomic E-state index is 13.4. The van der Waals surface area contributed by atoms with E-state index in [1.165, 1.54) is 44.6 Å². The van der Waals surface area contributed by atoms with Crippen molar-refractivity contribution < 1.29 is 23.9 Å². The Bertz CT molecular complexity index is 1540. The van der Waals surface area contributed by atoms with Crippen LogP contribution in [0.25, 0.3) is 4.96 Å². The third-order valence-corrected chi connectivity index (χ3v) is 6.43. The number of nitrogens with zero attached hydrogens (tertiary/aromatic N) is 2. The van der Waals surface area contributed by atoms with E-state index in [-0.39, 0.29) is 15.5 Å². The van der Waals surface area contributed by atoms with Crippen molar-refractivity contribution in [2.45, 2.75) is 19.8 Å². The van der Waals surface area contributed by atoms with E-state index in [0.717, 1.165) is 22.2 Å². The number of aryl methyl sites for hydroxylation is 1. The van der Waals surface area contributed by atoms with Gasteiger partial charge in [0.2, 0.25) is 0 Å². The molecule has 0 saturated heterocycles. The van der Waals surface area contributed by atoms with Gasteiger partial charge in [0.1, 0.15) is 16.3 Å². The van der Waals surface area contributed by atoms with Crippen LogP contribution in [0.3, 0.4) is 0 Å². The Morgan fingerprint density at radius 3 is 2.38 bits per heavy atom.